The Morgan fingerprint density at radius 3 is 2.37 bits per heavy atom. The molecular formula is C25H28N4O. The van der Waals surface area contributed by atoms with Crippen LogP contribution in [-0.2, 0) is 19.3 Å². The van der Waals surface area contributed by atoms with Gasteiger partial charge in [0.1, 0.15) is 5.52 Å². The van der Waals surface area contributed by atoms with Crippen molar-refractivity contribution in [3.8, 4) is 0 Å². The number of rotatable bonds is 8. The Kier molecular flexibility index (Phi) is 6.21. The number of nitrogens with one attached hydrogen (secondary N) is 1. The minimum atomic E-state index is 0.182. The minimum absolute atomic E-state index is 0.182. The molecule has 0 unspecified atom stereocenters. The number of aliphatic hydroxyl groups excluding tert-OH is 1. The molecule has 4 N–H and O–H groups in total. The highest BCUT2D eigenvalue weighted by Gasteiger charge is 2.09. The highest BCUT2D eigenvalue weighted by Crippen LogP contribution is 2.28. The van der Waals surface area contributed by atoms with Crippen molar-refractivity contribution in [3.05, 3.63) is 77.0 Å². The van der Waals surface area contributed by atoms with Crippen molar-refractivity contribution < 1.29 is 5.11 Å². The van der Waals surface area contributed by atoms with Gasteiger partial charge in [-0.25, -0.2) is 4.98 Å². The van der Waals surface area contributed by atoms with E-state index in [1.807, 2.05) is 6.20 Å². The lowest BCUT2D eigenvalue weighted by molar-refractivity contribution is 0.293. The fourth-order valence-electron chi connectivity index (χ4n) is 3.80. The summed E-state index contributed by atoms with van der Waals surface area (Å²) in [4.78, 5) is 9.14. The smallest absolute Gasteiger partial charge is 0.150 e. The van der Waals surface area contributed by atoms with Gasteiger partial charge in [0.25, 0.3) is 0 Å². The zero-order chi connectivity index (χ0) is 20.9. The maximum absolute atomic E-state index is 8.81. The fourth-order valence-corrected chi connectivity index (χ4v) is 3.80. The highest BCUT2D eigenvalue weighted by molar-refractivity contribution is 6.08. The van der Waals surface area contributed by atoms with Crippen molar-refractivity contribution in [3.63, 3.8) is 0 Å². The summed E-state index contributed by atoms with van der Waals surface area (Å²) >= 11 is 0. The molecule has 2 aromatic heterocycles. The van der Waals surface area contributed by atoms with Crippen LogP contribution in [0.4, 0.5) is 5.82 Å². The standard InChI is InChI=1S/C25H28N4O/c1-17-2-9-21-22-15-20(16-28-24(22)25(26)29-23(21)14-17)8-7-18-3-5-19(6-4-18)10-11-27-12-13-30/h2-6,9,14-16,27,30H,7-8,10-13H2,1H3,(H2,26,29). The van der Waals surface area contributed by atoms with E-state index in [1.165, 1.54) is 22.3 Å². The average molecular weight is 401 g/mol. The largest absolute Gasteiger partial charge is 0.395 e. The van der Waals surface area contributed by atoms with Crippen LogP contribution < -0.4 is 11.1 Å². The molecule has 0 radical (unpaired) electrons. The lowest BCUT2D eigenvalue weighted by Crippen LogP contribution is -2.20. The SMILES string of the molecule is Cc1ccc2c(c1)nc(N)c1ncc(CCc3ccc(CCNCCO)cc3)cc12. The third kappa shape index (κ3) is 4.58. The van der Waals surface area contributed by atoms with Crippen LogP contribution in [0.15, 0.2) is 54.7 Å². The summed E-state index contributed by atoms with van der Waals surface area (Å²) in [6, 6.07) is 17.3. The molecule has 0 saturated carbocycles. The number of hydrogen-bond donors (Lipinski definition) is 3. The maximum atomic E-state index is 8.81. The Morgan fingerprint density at radius 1 is 0.867 bits per heavy atom. The van der Waals surface area contributed by atoms with Crippen LogP contribution in [0.3, 0.4) is 0 Å². The van der Waals surface area contributed by atoms with Gasteiger partial charge in [-0.05, 0) is 67.1 Å². The van der Waals surface area contributed by atoms with E-state index in [4.69, 9.17) is 10.8 Å². The number of aliphatic hydroxyl groups is 1. The third-order valence-electron chi connectivity index (χ3n) is 5.48. The number of nitrogens with zero attached hydrogens (tertiary/aromatic N) is 2. The van der Waals surface area contributed by atoms with Gasteiger partial charge >= 0.3 is 0 Å². The van der Waals surface area contributed by atoms with Crippen LogP contribution in [-0.4, -0.2) is 34.8 Å². The molecule has 0 saturated heterocycles. The molecule has 0 spiro atoms. The summed E-state index contributed by atoms with van der Waals surface area (Å²) in [5.74, 6) is 0.485. The van der Waals surface area contributed by atoms with Crippen LogP contribution in [0.5, 0.6) is 0 Å². The zero-order valence-electron chi connectivity index (χ0n) is 17.4. The van der Waals surface area contributed by atoms with Crippen molar-refractivity contribution in [2.75, 3.05) is 25.4 Å². The van der Waals surface area contributed by atoms with E-state index in [0.717, 1.165) is 47.6 Å². The van der Waals surface area contributed by atoms with Crippen molar-refractivity contribution in [1.82, 2.24) is 15.3 Å². The van der Waals surface area contributed by atoms with E-state index < -0.39 is 0 Å². The Labute approximate surface area is 177 Å². The topological polar surface area (TPSA) is 84.1 Å². The summed E-state index contributed by atoms with van der Waals surface area (Å²) in [5.41, 5.74) is 12.9. The molecular weight excluding hydrogens is 372 g/mol. The number of aromatic nitrogens is 2. The molecule has 154 valence electrons. The Hall–Kier alpha value is -3.02. The fraction of sp³-hybridized carbons (Fsp3) is 0.280. The number of pyridine rings is 2. The van der Waals surface area contributed by atoms with Crippen LogP contribution >= 0.6 is 0 Å². The summed E-state index contributed by atoms with van der Waals surface area (Å²) < 4.78 is 0. The molecule has 0 aliphatic rings. The predicted octanol–water partition coefficient (Wildman–Crippen LogP) is 3.58. The molecule has 0 fully saturated rings. The molecule has 0 aliphatic heterocycles. The van der Waals surface area contributed by atoms with E-state index in [1.54, 1.807) is 0 Å². The monoisotopic (exact) mass is 400 g/mol. The second kappa shape index (κ2) is 9.20. The summed E-state index contributed by atoms with van der Waals surface area (Å²) in [6.07, 6.45) is 4.78. The van der Waals surface area contributed by atoms with Gasteiger partial charge in [0.2, 0.25) is 0 Å². The van der Waals surface area contributed by atoms with Gasteiger partial charge in [-0.1, -0.05) is 36.4 Å². The second-order valence-electron chi connectivity index (χ2n) is 7.80. The number of aryl methyl sites for hydroxylation is 3. The first-order chi connectivity index (χ1) is 14.6. The molecule has 0 bridgehead atoms. The molecule has 30 heavy (non-hydrogen) atoms. The number of nitrogens with two attached hydrogens (primary N) is 1. The molecule has 5 nitrogen and oxygen atoms in total. The lowest BCUT2D eigenvalue weighted by atomic mass is 10.0. The third-order valence-corrected chi connectivity index (χ3v) is 5.48. The van der Waals surface area contributed by atoms with E-state index in [-0.39, 0.29) is 6.61 Å². The zero-order valence-corrected chi connectivity index (χ0v) is 17.4. The number of anilines is 1. The number of nitrogen functional groups attached to an aromatic ring is 1. The van der Waals surface area contributed by atoms with Crippen LogP contribution in [0.1, 0.15) is 22.3 Å². The first-order valence-electron chi connectivity index (χ1n) is 10.5. The Balaban J connectivity index is 1.48. The average Bonchev–Trinajstić information content (AvgIpc) is 2.76. The quantitative estimate of drug-likeness (QED) is 0.311. The molecule has 2 aromatic carbocycles. The van der Waals surface area contributed by atoms with E-state index in [9.17, 15) is 0 Å². The normalized spacial score (nSPS) is 11.4. The Bertz CT molecular complexity index is 1160. The number of hydrogen-bond acceptors (Lipinski definition) is 5. The first-order valence-corrected chi connectivity index (χ1v) is 10.5. The summed E-state index contributed by atoms with van der Waals surface area (Å²) in [7, 11) is 0. The van der Waals surface area contributed by atoms with Crippen LogP contribution in [0.25, 0.3) is 21.8 Å². The predicted molar refractivity (Wildman–Crippen MR) is 124 cm³/mol. The van der Waals surface area contributed by atoms with Gasteiger partial charge in [-0.15, -0.1) is 0 Å². The van der Waals surface area contributed by atoms with E-state index >= 15 is 0 Å². The summed E-state index contributed by atoms with van der Waals surface area (Å²) in [5, 5.41) is 14.2. The lowest BCUT2D eigenvalue weighted by Gasteiger charge is -2.09. The van der Waals surface area contributed by atoms with Crippen molar-refractivity contribution in [1.29, 1.82) is 0 Å². The minimum Gasteiger partial charge on any atom is -0.395 e. The van der Waals surface area contributed by atoms with Gasteiger partial charge in [-0.2, -0.15) is 0 Å². The molecule has 4 aromatic rings. The van der Waals surface area contributed by atoms with Gasteiger partial charge in [-0.3, -0.25) is 4.98 Å². The van der Waals surface area contributed by atoms with Crippen molar-refractivity contribution >= 4 is 27.6 Å². The van der Waals surface area contributed by atoms with Gasteiger partial charge < -0.3 is 16.2 Å². The van der Waals surface area contributed by atoms with Gasteiger partial charge in [0.15, 0.2) is 5.82 Å². The summed E-state index contributed by atoms with van der Waals surface area (Å²) in [6.45, 7) is 3.77. The maximum Gasteiger partial charge on any atom is 0.150 e. The van der Waals surface area contributed by atoms with E-state index in [0.29, 0.717) is 12.4 Å². The second-order valence-corrected chi connectivity index (χ2v) is 7.80. The molecule has 2 heterocycles. The van der Waals surface area contributed by atoms with Crippen LogP contribution in [0, 0.1) is 6.92 Å². The van der Waals surface area contributed by atoms with Gasteiger partial charge in [0.05, 0.1) is 12.1 Å². The molecule has 0 amide bonds. The van der Waals surface area contributed by atoms with Gasteiger partial charge in [0, 0.05) is 23.5 Å². The number of fused-ring (bicyclic) bond motifs is 3. The van der Waals surface area contributed by atoms with Crippen LogP contribution in [0.2, 0.25) is 0 Å². The van der Waals surface area contributed by atoms with E-state index in [2.05, 4.69) is 70.7 Å². The van der Waals surface area contributed by atoms with Crippen molar-refractivity contribution in [2.45, 2.75) is 26.2 Å². The van der Waals surface area contributed by atoms with Crippen molar-refractivity contribution in [2.24, 2.45) is 0 Å². The number of benzene rings is 2. The highest BCUT2D eigenvalue weighted by atomic mass is 16.3. The molecule has 0 aliphatic carbocycles. The Morgan fingerprint density at radius 2 is 1.60 bits per heavy atom. The first kappa shape index (κ1) is 20.3. The molecule has 0 atom stereocenters. The molecule has 4 rings (SSSR count). The molecule has 5 heteroatoms.